The first-order chi connectivity index (χ1) is 25.6. The van der Waals surface area contributed by atoms with Crippen LogP contribution in [0.5, 0.6) is 0 Å². The van der Waals surface area contributed by atoms with Crippen molar-refractivity contribution in [3.05, 3.63) is 36.5 Å². The number of aliphatic hydroxyl groups is 8. The standard InChI is InChI=1S/C39H69NO13/c1-3-5-7-9-10-11-12-13-14-15-16-17-18-19-21-23-31(44)40-27(28(43)22-20-8-6-4-2)26-50-38-36(49)34(47)37(30(25-42)52-38)53-39-35(48)33(46)32(45)29(24-41)51-39/h10-11,13-14,20,22,27-30,32-39,41-43,45-49H,3-9,12,15-19,21,23-26H2,1-2H3,(H,40,44)/b11-10-,14-13-,22-20+. The molecular weight excluding hydrogens is 690 g/mol. The van der Waals surface area contributed by atoms with Crippen LogP contribution in [0.2, 0.25) is 0 Å². The number of allylic oxidation sites excluding steroid dienone is 5. The third-order valence-corrected chi connectivity index (χ3v) is 9.57. The molecule has 2 heterocycles. The van der Waals surface area contributed by atoms with Crippen molar-refractivity contribution in [3.63, 3.8) is 0 Å². The van der Waals surface area contributed by atoms with Crippen molar-refractivity contribution in [3.8, 4) is 0 Å². The van der Waals surface area contributed by atoms with Crippen molar-refractivity contribution in [2.75, 3.05) is 19.8 Å². The van der Waals surface area contributed by atoms with Crippen molar-refractivity contribution in [1.82, 2.24) is 5.32 Å². The van der Waals surface area contributed by atoms with E-state index >= 15 is 0 Å². The molecule has 12 unspecified atom stereocenters. The lowest BCUT2D eigenvalue weighted by atomic mass is 9.97. The minimum Gasteiger partial charge on any atom is -0.394 e. The lowest BCUT2D eigenvalue weighted by molar-refractivity contribution is -0.359. The molecule has 0 aromatic heterocycles. The maximum atomic E-state index is 12.9. The second kappa shape index (κ2) is 27.7. The third-order valence-electron chi connectivity index (χ3n) is 9.57. The summed E-state index contributed by atoms with van der Waals surface area (Å²) in [5.74, 6) is -0.267. The molecule has 0 bridgehead atoms. The van der Waals surface area contributed by atoms with E-state index in [2.05, 4.69) is 43.5 Å². The number of nitrogens with one attached hydrogen (secondary N) is 1. The second-order valence-corrected chi connectivity index (χ2v) is 14.1. The van der Waals surface area contributed by atoms with Crippen LogP contribution in [0.25, 0.3) is 0 Å². The third kappa shape index (κ3) is 17.3. The SMILES string of the molecule is CCCC/C=C/C(O)C(COC1OC(CO)C(OC2OC(CO)C(O)C(O)C2O)C(O)C1O)NC(=O)CCCCCCC/C=C\C/C=C\CCCCC. The van der Waals surface area contributed by atoms with Crippen LogP contribution in [0, 0.1) is 0 Å². The van der Waals surface area contributed by atoms with Crippen molar-refractivity contribution >= 4 is 5.91 Å². The quantitative estimate of drug-likeness (QED) is 0.0432. The van der Waals surface area contributed by atoms with Crippen molar-refractivity contribution < 1.29 is 64.6 Å². The highest BCUT2D eigenvalue weighted by atomic mass is 16.7. The minimum absolute atomic E-state index is 0.262. The van der Waals surface area contributed by atoms with Gasteiger partial charge in [-0.3, -0.25) is 4.79 Å². The van der Waals surface area contributed by atoms with Crippen molar-refractivity contribution in [1.29, 1.82) is 0 Å². The van der Waals surface area contributed by atoms with Gasteiger partial charge in [0.15, 0.2) is 12.6 Å². The average molecular weight is 760 g/mol. The molecule has 2 fully saturated rings. The van der Waals surface area contributed by atoms with Gasteiger partial charge in [0.05, 0.1) is 32.0 Å². The Bertz CT molecular complexity index is 1040. The van der Waals surface area contributed by atoms with Crippen LogP contribution in [-0.2, 0) is 23.7 Å². The minimum atomic E-state index is -1.79. The Morgan fingerprint density at radius 3 is 1.92 bits per heavy atom. The lowest BCUT2D eigenvalue weighted by Gasteiger charge is -2.46. The first-order valence-corrected chi connectivity index (χ1v) is 19.7. The maximum absolute atomic E-state index is 12.9. The molecule has 1 amide bonds. The van der Waals surface area contributed by atoms with E-state index in [0.29, 0.717) is 6.42 Å². The Morgan fingerprint density at radius 1 is 0.679 bits per heavy atom. The van der Waals surface area contributed by atoms with Gasteiger partial charge in [0, 0.05) is 6.42 Å². The highest BCUT2D eigenvalue weighted by molar-refractivity contribution is 5.76. The van der Waals surface area contributed by atoms with Gasteiger partial charge in [-0.2, -0.15) is 0 Å². The zero-order valence-electron chi connectivity index (χ0n) is 31.7. The second-order valence-electron chi connectivity index (χ2n) is 14.1. The summed E-state index contributed by atoms with van der Waals surface area (Å²) in [6, 6.07) is -0.915. The molecule has 0 saturated carbocycles. The number of rotatable bonds is 27. The summed E-state index contributed by atoms with van der Waals surface area (Å²) in [6.45, 7) is 2.53. The molecule has 0 spiro atoms. The largest absolute Gasteiger partial charge is 0.394 e. The number of unbranched alkanes of at least 4 members (excludes halogenated alkanes) is 10. The van der Waals surface area contributed by atoms with E-state index in [4.69, 9.17) is 18.9 Å². The van der Waals surface area contributed by atoms with Gasteiger partial charge < -0.3 is 65.1 Å². The maximum Gasteiger partial charge on any atom is 0.220 e. The molecule has 2 rings (SSSR count). The van der Waals surface area contributed by atoms with Gasteiger partial charge in [-0.1, -0.05) is 95.2 Å². The molecule has 14 heteroatoms. The van der Waals surface area contributed by atoms with E-state index in [1.807, 2.05) is 6.08 Å². The van der Waals surface area contributed by atoms with Crippen LogP contribution in [-0.4, -0.2) is 140 Å². The molecule has 0 aliphatic carbocycles. The Balaban J connectivity index is 1.86. The van der Waals surface area contributed by atoms with Gasteiger partial charge in [-0.05, 0) is 44.9 Å². The Kier molecular flexibility index (Phi) is 24.8. The van der Waals surface area contributed by atoms with Crippen LogP contribution in [0.1, 0.15) is 110 Å². The molecule has 0 aromatic carbocycles. The highest BCUT2D eigenvalue weighted by Crippen LogP contribution is 2.29. The zero-order chi connectivity index (χ0) is 39.0. The molecule has 9 N–H and O–H groups in total. The number of hydrogen-bond donors (Lipinski definition) is 9. The number of carbonyl (C=O) groups excluding carboxylic acids is 1. The summed E-state index contributed by atoms with van der Waals surface area (Å²) in [6.07, 6.45) is 9.95. The molecule has 0 aromatic rings. The average Bonchev–Trinajstić information content (AvgIpc) is 3.15. The van der Waals surface area contributed by atoms with Crippen molar-refractivity contribution in [2.24, 2.45) is 0 Å². The first-order valence-electron chi connectivity index (χ1n) is 19.7. The molecule has 14 nitrogen and oxygen atoms in total. The predicted molar refractivity (Wildman–Crippen MR) is 198 cm³/mol. The van der Waals surface area contributed by atoms with Gasteiger partial charge >= 0.3 is 0 Å². The number of amides is 1. The molecule has 308 valence electrons. The first kappa shape index (κ1) is 47.4. The monoisotopic (exact) mass is 759 g/mol. The van der Waals surface area contributed by atoms with Gasteiger partial charge in [0.2, 0.25) is 5.91 Å². The summed E-state index contributed by atoms with van der Waals surface area (Å²) in [5.41, 5.74) is 0. The summed E-state index contributed by atoms with van der Waals surface area (Å²) in [4.78, 5) is 12.9. The van der Waals surface area contributed by atoms with E-state index in [1.54, 1.807) is 6.08 Å². The molecule has 12 atom stereocenters. The van der Waals surface area contributed by atoms with Crippen LogP contribution in [0.3, 0.4) is 0 Å². The topological polar surface area (TPSA) is 228 Å². The predicted octanol–water partition coefficient (Wildman–Crippen LogP) is 2.03. The summed E-state index contributed by atoms with van der Waals surface area (Å²) < 4.78 is 22.4. The fourth-order valence-electron chi connectivity index (χ4n) is 6.18. The molecule has 0 radical (unpaired) electrons. The van der Waals surface area contributed by atoms with Gasteiger partial charge in [0.1, 0.15) is 48.8 Å². The number of hydrogen-bond acceptors (Lipinski definition) is 13. The van der Waals surface area contributed by atoms with Gasteiger partial charge in [-0.25, -0.2) is 0 Å². The van der Waals surface area contributed by atoms with Gasteiger partial charge in [0.25, 0.3) is 0 Å². The summed E-state index contributed by atoms with van der Waals surface area (Å²) in [5, 5.41) is 85.6. The number of ether oxygens (including phenoxy) is 4. The summed E-state index contributed by atoms with van der Waals surface area (Å²) >= 11 is 0. The van der Waals surface area contributed by atoms with E-state index in [1.165, 1.54) is 19.3 Å². The zero-order valence-corrected chi connectivity index (χ0v) is 31.7. The Morgan fingerprint density at radius 2 is 1.26 bits per heavy atom. The van der Waals surface area contributed by atoms with Crippen molar-refractivity contribution in [2.45, 2.75) is 184 Å². The molecule has 53 heavy (non-hydrogen) atoms. The molecular formula is C39H69NO13. The van der Waals surface area contributed by atoms with E-state index in [-0.39, 0.29) is 18.9 Å². The van der Waals surface area contributed by atoms with E-state index < -0.39 is 86.8 Å². The van der Waals surface area contributed by atoms with Crippen LogP contribution in [0.15, 0.2) is 36.5 Å². The van der Waals surface area contributed by atoms with Crippen LogP contribution < -0.4 is 5.32 Å². The number of aliphatic hydroxyl groups excluding tert-OH is 8. The van der Waals surface area contributed by atoms with Crippen LogP contribution in [0.4, 0.5) is 0 Å². The number of carbonyl (C=O) groups is 1. The smallest absolute Gasteiger partial charge is 0.220 e. The molecule has 2 aliphatic rings. The normalized spacial score (nSPS) is 30.8. The fraction of sp³-hybridized carbons (Fsp3) is 0.821. The summed E-state index contributed by atoms with van der Waals surface area (Å²) in [7, 11) is 0. The lowest BCUT2D eigenvalue weighted by Crippen LogP contribution is -2.65. The molecule has 2 aliphatic heterocycles. The van der Waals surface area contributed by atoms with Gasteiger partial charge in [-0.15, -0.1) is 0 Å². The van der Waals surface area contributed by atoms with E-state index in [0.717, 1.165) is 64.2 Å². The van der Waals surface area contributed by atoms with Crippen LogP contribution >= 0.6 is 0 Å². The Hall–Kier alpha value is -1.79. The highest BCUT2D eigenvalue weighted by Gasteiger charge is 2.50. The van der Waals surface area contributed by atoms with E-state index in [9.17, 15) is 45.6 Å². The Labute approximate surface area is 315 Å². The fourth-order valence-corrected chi connectivity index (χ4v) is 6.18. The molecule has 2 saturated heterocycles.